The van der Waals surface area contributed by atoms with Crippen LogP contribution in [0.15, 0.2) is 18.3 Å². The van der Waals surface area contributed by atoms with Crippen molar-refractivity contribution >= 4 is 11.6 Å². The molecule has 0 aliphatic carbocycles. The van der Waals surface area contributed by atoms with Crippen molar-refractivity contribution in [2.24, 2.45) is 0 Å². The summed E-state index contributed by atoms with van der Waals surface area (Å²) >= 11 is 0. The SMILES string of the molecule is C#CCNC(=O)C(C)Nc1ccc(OC)nc1. The summed E-state index contributed by atoms with van der Waals surface area (Å²) in [7, 11) is 1.55. The summed E-state index contributed by atoms with van der Waals surface area (Å²) in [5.41, 5.74) is 0.745. The molecule has 17 heavy (non-hydrogen) atoms. The van der Waals surface area contributed by atoms with Crippen LogP contribution in [-0.4, -0.2) is 30.6 Å². The van der Waals surface area contributed by atoms with Crippen LogP contribution in [0.3, 0.4) is 0 Å². The van der Waals surface area contributed by atoms with E-state index >= 15 is 0 Å². The molecule has 0 saturated carbocycles. The highest BCUT2D eigenvalue weighted by Crippen LogP contribution is 2.11. The Kier molecular flexibility index (Phi) is 4.82. The van der Waals surface area contributed by atoms with Gasteiger partial charge in [-0.3, -0.25) is 4.79 Å². The summed E-state index contributed by atoms with van der Waals surface area (Å²) in [6.45, 7) is 1.97. The molecule has 0 radical (unpaired) electrons. The number of nitrogens with one attached hydrogen (secondary N) is 2. The van der Waals surface area contributed by atoms with E-state index in [1.807, 2.05) is 0 Å². The van der Waals surface area contributed by atoms with E-state index < -0.39 is 0 Å². The van der Waals surface area contributed by atoms with Crippen molar-refractivity contribution in [1.29, 1.82) is 0 Å². The number of aromatic nitrogens is 1. The summed E-state index contributed by atoms with van der Waals surface area (Å²) in [6.07, 6.45) is 6.65. The Balaban J connectivity index is 2.52. The van der Waals surface area contributed by atoms with E-state index in [1.54, 1.807) is 32.4 Å². The first-order valence-electron chi connectivity index (χ1n) is 5.15. The van der Waals surface area contributed by atoms with Crippen LogP contribution < -0.4 is 15.4 Å². The fourth-order valence-corrected chi connectivity index (χ4v) is 1.19. The van der Waals surface area contributed by atoms with Crippen LogP contribution in [-0.2, 0) is 4.79 Å². The predicted octanol–water partition coefficient (Wildman–Crippen LogP) is 0.640. The van der Waals surface area contributed by atoms with Crippen molar-refractivity contribution in [2.45, 2.75) is 13.0 Å². The number of amides is 1. The Morgan fingerprint density at radius 1 is 1.65 bits per heavy atom. The van der Waals surface area contributed by atoms with Crippen molar-refractivity contribution < 1.29 is 9.53 Å². The minimum absolute atomic E-state index is 0.154. The van der Waals surface area contributed by atoms with E-state index in [2.05, 4.69) is 21.5 Å². The first kappa shape index (κ1) is 12.8. The number of anilines is 1. The third kappa shape index (κ3) is 4.03. The minimum Gasteiger partial charge on any atom is -0.481 e. The van der Waals surface area contributed by atoms with Gasteiger partial charge in [0.15, 0.2) is 0 Å². The van der Waals surface area contributed by atoms with Gasteiger partial charge >= 0.3 is 0 Å². The van der Waals surface area contributed by atoms with Crippen molar-refractivity contribution in [3.05, 3.63) is 18.3 Å². The van der Waals surface area contributed by atoms with Crippen LogP contribution in [0, 0.1) is 12.3 Å². The fourth-order valence-electron chi connectivity index (χ4n) is 1.19. The molecule has 0 bridgehead atoms. The second kappa shape index (κ2) is 6.38. The fraction of sp³-hybridized carbons (Fsp3) is 0.333. The maximum absolute atomic E-state index is 11.5. The maximum atomic E-state index is 11.5. The Hall–Kier alpha value is -2.22. The van der Waals surface area contributed by atoms with Crippen molar-refractivity contribution in [3.8, 4) is 18.2 Å². The lowest BCUT2D eigenvalue weighted by Gasteiger charge is -2.14. The number of terminal acetylenes is 1. The molecule has 0 aliphatic heterocycles. The highest BCUT2D eigenvalue weighted by Gasteiger charge is 2.11. The van der Waals surface area contributed by atoms with Crippen molar-refractivity contribution in [2.75, 3.05) is 19.0 Å². The van der Waals surface area contributed by atoms with Gasteiger partial charge in [-0.05, 0) is 13.0 Å². The lowest BCUT2D eigenvalue weighted by atomic mass is 10.3. The molecular formula is C12H15N3O2. The molecule has 90 valence electrons. The number of ether oxygens (including phenoxy) is 1. The quantitative estimate of drug-likeness (QED) is 0.733. The number of carbonyl (C=O) groups is 1. The zero-order chi connectivity index (χ0) is 12.7. The topological polar surface area (TPSA) is 63.2 Å². The molecule has 0 aromatic carbocycles. The molecule has 1 heterocycles. The summed E-state index contributed by atoms with van der Waals surface area (Å²) in [6, 6.07) is 3.13. The number of hydrogen-bond acceptors (Lipinski definition) is 4. The number of hydrogen-bond donors (Lipinski definition) is 2. The summed E-state index contributed by atoms with van der Waals surface area (Å²) in [5.74, 6) is 2.72. The normalized spacial score (nSPS) is 11.1. The molecule has 1 aromatic heterocycles. The average molecular weight is 233 g/mol. The van der Waals surface area contributed by atoms with Gasteiger partial charge in [0.1, 0.15) is 6.04 Å². The molecule has 0 spiro atoms. The molecule has 0 fully saturated rings. The van der Waals surface area contributed by atoms with E-state index in [0.717, 1.165) is 5.69 Å². The molecule has 5 nitrogen and oxygen atoms in total. The zero-order valence-corrected chi connectivity index (χ0v) is 9.86. The van der Waals surface area contributed by atoms with Crippen LogP contribution in [0.1, 0.15) is 6.92 Å². The number of carbonyl (C=O) groups excluding carboxylic acids is 1. The Morgan fingerprint density at radius 2 is 2.41 bits per heavy atom. The third-order valence-electron chi connectivity index (χ3n) is 2.09. The number of nitrogens with zero attached hydrogens (tertiary/aromatic N) is 1. The first-order chi connectivity index (χ1) is 8.17. The largest absolute Gasteiger partial charge is 0.481 e. The summed E-state index contributed by atoms with van der Waals surface area (Å²) in [4.78, 5) is 15.5. The molecule has 1 aromatic rings. The van der Waals surface area contributed by atoms with Gasteiger partial charge in [-0.2, -0.15) is 0 Å². The molecule has 1 atom stereocenters. The summed E-state index contributed by atoms with van der Waals surface area (Å²) < 4.78 is 4.93. The number of rotatable bonds is 5. The Bertz CT molecular complexity index is 409. The minimum atomic E-state index is -0.376. The van der Waals surface area contributed by atoms with Crippen LogP contribution in [0.4, 0.5) is 5.69 Å². The van der Waals surface area contributed by atoms with E-state index in [9.17, 15) is 4.79 Å². The second-order valence-corrected chi connectivity index (χ2v) is 3.38. The van der Waals surface area contributed by atoms with Gasteiger partial charge in [0.25, 0.3) is 0 Å². The van der Waals surface area contributed by atoms with Crippen LogP contribution in [0.25, 0.3) is 0 Å². The van der Waals surface area contributed by atoms with Gasteiger partial charge in [0.2, 0.25) is 11.8 Å². The molecule has 1 unspecified atom stereocenters. The molecular weight excluding hydrogens is 218 g/mol. The van der Waals surface area contributed by atoms with Crippen molar-refractivity contribution in [1.82, 2.24) is 10.3 Å². The third-order valence-corrected chi connectivity index (χ3v) is 2.09. The van der Waals surface area contributed by atoms with Gasteiger partial charge in [-0.1, -0.05) is 5.92 Å². The Labute approximate surface area is 101 Å². The average Bonchev–Trinajstić information content (AvgIpc) is 2.36. The van der Waals surface area contributed by atoms with Gasteiger partial charge in [-0.15, -0.1) is 6.42 Å². The van der Waals surface area contributed by atoms with E-state index in [1.165, 1.54) is 0 Å². The van der Waals surface area contributed by atoms with Gasteiger partial charge in [0.05, 0.1) is 25.5 Å². The van der Waals surface area contributed by atoms with Gasteiger partial charge < -0.3 is 15.4 Å². The molecule has 0 aliphatic rings. The van der Waals surface area contributed by atoms with Crippen LogP contribution in [0.5, 0.6) is 5.88 Å². The lowest BCUT2D eigenvalue weighted by molar-refractivity contribution is -0.121. The van der Waals surface area contributed by atoms with Crippen LogP contribution in [0.2, 0.25) is 0 Å². The van der Waals surface area contributed by atoms with Gasteiger partial charge in [-0.25, -0.2) is 4.98 Å². The molecule has 1 amide bonds. The second-order valence-electron chi connectivity index (χ2n) is 3.38. The number of pyridine rings is 1. The van der Waals surface area contributed by atoms with Crippen molar-refractivity contribution in [3.63, 3.8) is 0 Å². The number of methoxy groups -OCH3 is 1. The first-order valence-corrected chi connectivity index (χ1v) is 5.15. The maximum Gasteiger partial charge on any atom is 0.242 e. The molecule has 5 heteroatoms. The summed E-state index contributed by atoms with van der Waals surface area (Å²) in [5, 5.41) is 5.60. The monoisotopic (exact) mass is 233 g/mol. The zero-order valence-electron chi connectivity index (χ0n) is 9.86. The highest BCUT2D eigenvalue weighted by atomic mass is 16.5. The molecule has 2 N–H and O–H groups in total. The van der Waals surface area contributed by atoms with E-state index in [4.69, 9.17) is 11.2 Å². The Morgan fingerprint density at radius 3 is 2.94 bits per heavy atom. The van der Waals surface area contributed by atoms with Crippen LogP contribution >= 0.6 is 0 Å². The van der Waals surface area contributed by atoms with E-state index in [-0.39, 0.29) is 18.5 Å². The van der Waals surface area contributed by atoms with E-state index in [0.29, 0.717) is 5.88 Å². The molecule has 0 saturated heterocycles. The van der Waals surface area contributed by atoms with Gasteiger partial charge in [0, 0.05) is 6.07 Å². The standard InChI is InChI=1S/C12H15N3O2/c1-4-7-13-12(16)9(2)15-10-5-6-11(17-3)14-8-10/h1,5-6,8-9,15H,7H2,2-3H3,(H,13,16). The smallest absolute Gasteiger partial charge is 0.242 e. The lowest BCUT2D eigenvalue weighted by Crippen LogP contribution is -2.37. The highest BCUT2D eigenvalue weighted by molar-refractivity contribution is 5.84. The molecule has 1 rings (SSSR count). The predicted molar refractivity (Wildman–Crippen MR) is 65.7 cm³/mol.